The van der Waals surface area contributed by atoms with Crippen LogP contribution in [0.25, 0.3) is 0 Å². The van der Waals surface area contributed by atoms with E-state index in [4.69, 9.17) is 4.74 Å². The largest absolute Gasteiger partial charge is 0.496 e. The number of carbonyl (C=O) groups is 1. The van der Waals surface area contributed by atoms with Crippen LogP contribution in [0.4, 0.5) is 5.82 Å². The molecule has 1 aromatic carbocycles. The lowest BCUT2D eigenvalue weighted by Crippen LogP contribution is -2.40. The lowest BCUT2D eigenvalue weighted by Gasteiger charge is -2.21. The van der Waals surface area contributed by atoms with Gasteiger partial charge in [-0.15, -0.1) is 0 Å². The number of ether oxygens (including phenoxy) is 1. The fraction of sp³-hybridized carbons (Fsp3) is 0.214. The smallest absolute Gasteiger partial charge is 0.273 e. The number of aromatic nitrogens is 2. The van der Waals surface area contributed by atoms with Crippen molar-refractivity contribution in [3.63, 3.8) is 0 Å². The van der Waals surface area contributed by atoms with E-state index in [2.05, 4.69) is 31.3 Å². The Balaban J connectivity index is 2.21. The summed E-state index contributed by atoms with van der Waals surface area (Å²) in [6.45, 7) is 0. The number of amides is 1. The SMILES string of the molecule is COc1ccccc1C(=O)NN(C)c1nc(SC)ncc1Br. The van der Waals surface area contributed by atoms with E-state index in [0.29, 0.717) is 26.8 Å². The summed E-state index contributed by atoms with van der Waals surface area (Å²) in [4.78, 5) is 20.9. The molecule has 2 rings (SSSR count). The van der Waals surface area contributed by atoms with Crippen LogP contribution in [0.5, 0.6) is 5.75 Å². The van der Waals surface area contributed by atoms with Gasteiger partial charge in [-0.1, -0.05) is 23.9 Å². The first kappa shape index (κ1) is 16.6. The highest BCUT2D eigenvalue weighted by molar-refractivity contribution is 9.10. The summed E-state index contributed by atoms with van der Waals surface area (Å²) in [6, 6.07) is 7.03. The van der Waals surface area contributed by atoms with Gasteiger partial charge in [0.15, 0.2) is 11.0 Å². The molecular weight excluding hydrogens is 368 g/mol. The van der Waals surface area contributed by atoms with Crippen molar-refractivity contribution in [2.75, 3.05) is 25.4 Å². The van der Waals surface area contributed by atoms with Crippen LogP contribution in [0.3, 0.4) is 0 Å². The summed E-state index contributed by atoms with van der Waals surface area (Å²) in [7, 11) is 3.24. The zero-order valence-electron chi connectivity index (χ0n) is 12.3. The van der Waals surface area contributed by atoms with Crippen LogP contribution in [0.1, 0.15) is 10.4 Å². The van der Waals surface area contributed by atoms with E-state index in [1.807, 2.05) is 12.3 Å². The fourth-order valence-electron chi connectivity index (χ4n) is 1.77. The lowest BCUT2D eigenvalue weighted by molar-refractivity contribution is 0.0948. The van der Waals surface area contributed by atoms with Gasteiger partial charge in [-0.05, 0) is 34.3 Å². The van der Waals surface area contributed by atoms with Crippen LogP contribution in [0, 0.1) is 0 Å². The third-order valence-electron chi connectivity index (χ3n) is 2.82. The van der Waals surface area contributed by atoms with Crippen LogP contribution >= 0.6 is 27.7 Å². The Labute approximate surface area is 141 Å². The van der Waals surface area contributed by atoms with Crippen molar-refractivity contribution in [3.8, 4) is 5.75 Å². The number of para-hydroxylation sites is 1. The minimum atomic E-state index is -0.281. The van der Waals surface area contributed by atoms with Gasteiger partial charge in [0.25, 0.3) is 5.91 Å². The maximum Gasteiger partial charge on any atom is 0.273 e. The first-order chi connectivity index (χ1) is 10.6. The van der Waals surface area contributed by atoms with Crippen molar-refractivity contribution < 1.29 is 9.53 Å². The quantitative estimate of drug-likeness (QED) is 0.487. The van der Waals surface area contributed by atoms with Crippen LogP contribution in [0.2, 0.25) is 0 Å². The topological polar surface area (TPSA) is 67.3 Å². The summed E-state index contributed by atoms with van der Waals surface area (Å²) in [5, 5.41) is 2.16. The van der Waals surface area contributed by atoms with Crippen molar-refractivity contribution in [3.05, 3.63) is 40.5 Å². The molecular formula is C14H15BrN4O2S. The highest BCUT2D eigenvalue weighted by atomic mass is 79.9. The van der Waals surface area contributed by atoms with E-state index < -0.39 is 0 Å². The summed E-state index contributed by atoms with van der Waals surface area (Å²) in [5.41, 5.74) is 3.22. The highest BCUT2D eigenvalue weighted by Gasteiger charge is 2.16. The molecule has 0 radical (unpaired) electrons. The number of thioether (sulfide) groups is 1. The molecule has 6 nitrogen and oxygen atoms in total. The summed E-state index contributed by atoms with van der Waals surface area (Å²) >= 11 is 4.81. The maximum atomic E-state index is 12.4. The van der Waals surface area contributed by atoms with Gasteiger partial charge in [-0.25, -0.2) is 9.97 Å². The van der Waals surface area contributed by atoms with Gasteiger partial charge >= 0.3 is 0 Å². The standard InChI is InChI=1S/C14H15BrN4O2S/c1-19(12-10(15)8-16-14(17-12)22-3)18-13(20)9-6-4-5-7-11(9)21-2/h4-8H,1-3H3,(H,18,20). The minimum Gasteiger partial charge on any atom is -0.496 e. The molecule has 0 aliphatic heterocycles. The van der Waals surface area contributed by atoms with Gasteiger partial charge in [-0.3, -0.25) is 15.2 Å². The Bertz CT molecular complexity index is 684. The number of hydrogen-bond donors (Lipinski definition) is 1. The Morgan fingerprint density at radius 3 is 2.82 bits per heavy atom. The predicted molar refractivity (Wildman–Crippen MR) is 90.4 cm³/mol. The normalized spacial score (nSPS) is 10.2. The number of rotatable bonds is 5. The molecule has 1 heterocycles. The van der Waals surface area contributed by atoms with Crippen molar-refractivity contribution in [2.45, 2.75) is 5.16 Å². The molecule has 0 spiro atoms. The van der Waals surface area contributed by atoms with Gasteiger partial charge in [-0.2, -0.15) is 0 Å². The van der Waals surface area contributed by atoms with Gasteiger partial charge in [0.1, 0.15) is 5.75 Å². The van der Waals surface area contributed by atoms with Crippen LogP contribution in [-0.2, 0) is 0 Å². The number of benzene rings is 1. The van der Waals surface area contributed by atoms with Gasteiger partial charge < -0.3 is 4.74 Å². The third-order valence-corrected chi connectivity index (χ3v) is 3.95. The Kier molecular flexibility index (Phi) is 5.62. The number of nitrogens with one attached hydrogen (secondary N) is 1. The molecule has 22 heavy (non-hydrogen) atoms. The average molecular weight is 383 g/mol. The highest BCUT2D eigenvalue weighted by Crippen LogP contribution is 2.24. The zero-order chi connectivity index (χ0) is 16.1. The molecule has 0 bridgehead atoms. The summed E-state index contributed by atoms with van der Waals surface area (Å²) < 4.78 is 5.88. The van der Waals surface area contributed by atoms with E-state index in [1.54, 1.807) is 36.5 Å². The second-order valence-electron chi connectivity index (χ2n) is 4.23. The lowest BCUT2D eigenvalue weighted by atomic mass is 10.2. The molecule has 0 aliphatic rings. The van der Waals surface area contributed by atoms with Crippen LogP contribution in [-0.4, -0.2) is 36.3 Å². The first-order valence-electron chi connectivity index (χ1n) is 6.31. The van der Waals surface area contributed by atoms with Crippen LogP contribution in [0.15, 0.2) is 40.1 Å². The molecule has 2 aromatic rings. The second-order valence-corrected chi connectivity index (χ2v) is 5.86. The van der Waals surface area contributed by atoms with Crippen LogP contribution < -0.4 is 15.2 Å². The third kappa shape index (κ3) is 3.69. The van der Waals surface area contributed by atoms with Crippen molar-refractivity contribution in [2.24, 2.45) is 0 Å². The Morgan fingerprint density at radius 1 is 1.41 bits per heavy atom. The predicted octanol–water partition coefficient (Wildman–Crippen LogP) is 2.75. The van der Waals surface area contributed by atoms with Crippen molar-refractivity contribution in [1.82, 2.24) is 15.4 Å². The molecule has 0 fully saturated rings. The molecule has 1 aromatic heterocycles. The maximum absolute atomic E-state index is 12.4. The first-order valence-corrected chi connectivity index (χ1v) is 8.33. The molecule has 8 heteroatoms. The Morgan fingerprint density at radius 2 is 2.14 bits per heavy atom. The van der Waals surface area contributed by atoms with E-state index in [1.165, 1.54) is 18.9 Å². The number of carbonyl (C=O) groups excluding carboxylic acids is 1. The molecule has 0 unspecified atom stereocenters. The van der Waals surface area contributed by atoms with E-state index >= 15 is 0 Å². The van der Waals surface area contributed by atoms with Gasteiger partial charge in [0.05, 0.1) is 17.1 Å². The molecule has 0 saturated carbocycles. The molecule has 1 N–H and O–H groups in total. The molecule has 1 amide bonds. The number of anilines is 1. The zero-order valence-corrected chi connectivity index (χ0v) is 14.7. The fourth-order valence-corrected chi connectivity index (χ4v) is 2.57. The monoisotopic (exact) mass is 382 g/mol. The molecule has 116 valence electrons. The average Bonchev–Trinajstić information content (AvgIpc) is 2.55. The van der Waals surface area contributed by atoms with Gasteiger partial charge in [0, 0.05) is 13.2 Å². The minimum absolute atomic E-state index is 0.281. The number of methoxy groups -OCH3 is 1. The number of hydrogen-bond acceptors (Lipinski definition) is 6. The number of hydrazine groups is 1. The molecule has 0 aliphatic carbocycles. The van der Waals surface area contributed by atoms with Crippen molar-refractivity contribution >= 4 is 39.4 Å². The summed E-state index contributed by atoms with van der Waals surface area (Å²) in [6.07, 6.45) is 3.54. The van der Waals surface area contributed by atoms with E-state index in [0.717, 1.165) is 0 Å². The Hall–Kier alpha value is -1.80. The van der Waals surface area contributed by atoms with Crippen molar-refractivity contribution in [1.29, 1.82) is 0 Å². The van der Waals surface area contributed by atoms with E-state index in [9.17, 15) is 4.79 Å². The number of nitrogens with zero attached hydrogens (tertiary/aromatic N) is 3. The van der Waals surface area contributed by atoms with Gasteiger partial charge in [0.2, 0.25) is 0 Å². The van der Waals surface area contributed by atoms with E-state index in [-0.39, 0.29) is 5.91 Å². The summed E-state index contributed by atoms with van der Waals surface area (Å²) in [5.74, 6) is 0.804. The number of halogens is 1. The molecule has 0 saturated heterocycles. The second kappa shape index (κ2) is 7.46. The molecule has 0 atom stereocenters.